The SMILES string of the molecule is CSC(C)CNC(=O)[C@@H](N)CC(C)C. The smallest absolute Gasteiger partial charge is 0.236 e. The third-order valence-corrected chi connectivity index (χ3v) is 3.00. The molecule has 84 valence electrons. The van der Waals surface area contributed by atoms with E-state index in [-0.39, 0.29) is 11.9 Å². The highest BCUT2D eigenvalue weighted by atomic mass is 32.2. The van der Waals surface area contributed by atoms with E-state index in [4.69, 9.17) is 5.73 Å². The zero-order valence-electron chi connectivity index (χ0n) is 9.54. The molecule has 3 N–H and O–H groups in total. The van der Waals surface area contributed by atoms with Crippen molar-refractivity contribution in [2.75, 3.05) is 12.8 Å². The maximum atomic E-state index is 11.5. The molecule has 4 heteroatoms. The highest BCUT2D eigenvalue weighted by Gasteiger charge is 2.14. The third kappa shape index (κ3) is 6.27. The Labute approximate surface area is 91.2 Å². The number of hydrogen-bond acceptors (Lipinski definition) is 3. The van der Waals surface area contributed by atoms with Crippen molar-refractivity contribution in [2.24, 2.45) is 11.7 Å². The summed E-state index contributed by atoms with van der Waals surface area (Å²) in [4.78, 5) is 11.5. The van der Waals surface area contributed by atoms with Crippen LogP contribution >= 0.6 is 11.8 Å². The van der Waals surface area contributed by atoms with Crippen LogP contribution in [0.2, 0.25) is 0 Å². The largest absolute Gasteiger partial charge is 0.354 e. The summed E-state index contributed by atoms with van der Waals surface area (Å²) >= 11 is 1.74. The van der Waals surface area contributed by atoms with Crippen molar-refractivity contribution in [3.63, 3.8) is 0 Å². The van der Waals surface area contributed by atoms with Crippen LogP contribution < -0.4 is 11.1 Å². The van der Waals surface area contributed by atoms with E-state index in [1.54, 1.807) is 11.8 Å². The van der Waals surface area contributed by atoms with Gasteiger partial charge in [0, 0.05) is 11.8 Å². The Hall–Kier alpha value is -0.220. The van der Waals surface area contributed by atoms with E-state index in [1.807, 2.05) is 6.26 Å². The van der Waals surface area contributed by atoms with E-state index < -0.39 is 0 Å². The van der Waals surface area contributed by atoms with Crippen LogP contribution in [0.1, 0.15) is 27.2 Å². The molecule has 0 saturated heterocycles. The minimum atomic E-state index is -0.357. The normalized spacial score (nSPS) is 15.3. The molecule has 0 aromatic heterocycles. The molecular weight excluding hydrogens is 196 g/mol. The summed E-state index contributed by atoms with van der Waals surface area (Å²) in [6.07, 6.45) is 2.78. The van der Waals surface area contributed by atoms with Gasteiger partial charge in [-0.25, -0.2) is 0 Å². The van der Waals surface area contributed by atoms with Crippen molar-refractivity contribution in [1.82, 2.24) is 5.32 Å². The molecule has 0 radical (unpaired) electrons. The molecule has 0 aromatic rings. The Bertz CT molecular complexity index is 174. The minimum Gasteiger partial charge on any atom is -0.354 e. The highest BCUT2D eigenvalue weighted by molar-refractivity contribution is 7.99. The Kier molecular flexibility index (Phi) is 7.01. The lowest BCUT2D eigenvalue weighted by Crippen LogP contribution is -2.43. The molecule has 1 unspecified atom stereocenters. The molecular formula is C10H22N2OS. The lowest BCUT2D eigenvalue weighted by atomic mass is 10.0. The van der Waals surface area contributed by atoms with Crippen molar-refractivity contribution >= 4 is 17.7 Å². The number of hydrogen-bond donors (Lipinski definition) is 2. The van der Waals surface area contributed by atoms with Crippen molar-refractivity contribution < 1.29 is 4.79 Å². The topological polar surface area (TPSA) is 55.1 Å². The number of nitrogens with two attached hydrogens (primary N) is 1. The average molecular weight is 218 g/mol. The lowest BCUT2D eigenvalue weighted by Gasteiger charge is -2.15. The maximum Gasteiger partial charge on any atom is 0.236 e. The summed E-state index contributed by atoms with van der Waals surface area (Å²) in [7, 11) is 0. The molecule has 14 heavy (non-hydrogen) atoms. The molecule has 0 spiro atoms. The van der Waals surface area contributed by atoms with Gasteiger partial charge in [0.15, 0.2) is 0 Å². The van der Waals surface area contributed by atoms with Gasteiger partial charge in [0.2, 0.25) is 5.91 Å². The minimum absolute atomic E-state index is 0.0281. The van der Waals surface area contributed by atoms with Crippen molar-refractivity contribution in [3.8, 4) is 0 Å². The van der Waals surface area contributed by atoms with E-state index in [0.717, 1.165) is 6.42 Å². The fourth-order valence-corrected chi connectivity index (χ4v) is 1.32. The molecule has 0 aliphatic heterocycles. The van der Waals surface area contributed by atoms with Crippen LogP contribution in [0.3, 0.4) is 0 Å². The van der Waals surface area contributed by atoms with Crippen molar-refractivity contribution in [2.45, 2.75) is 38.5 Å². The first kappa shape index (κ1) is 13.8. The molecule has 2 atom stereocenters. The molecule has 3 nitrogen and oxygen atoms in total. The average Bonchev–Trinajstić information content (AvgIpc) is 2.12. The first-order valence-corrected chi connectivity index (χ1v) is 6.32. The van der Waals surface area contributed by atoms with Crippen LogP contribution in [0.4, 0.5) is 0 Å². The quantitative estimate of drug-likeness (QED) is 0.705. The molecule has 1 amide bonds. The number of amides is 1. The monoisotopic (exact) mass is 218 g/mol. The number of carbonyl (C=O) groups excluding carboxylic acids is 1. The Morgan fingerprint density at radius 3 is 2.43 bits per heavy atom. The van der Waals surface area contributed by atoms with E-state index in [1.165, 1.54) is 0 Å². The van der Waals surface area contributed by atoms with E-state index in [9.17, 15) is 4.79 Å². The molecule has 0 heterocycles. The van der Waals surface area contributed by atoms with Gasteiger partial charge in [-0.3, -0.25) is 4.79 Å². The van der Waals surface area contributed by atoms with Gasteiger partial charge in [-0.1, -0.05) is 20.8 Å². The van der Waals surface area contributed by atoms with Crippen molar-refractivity contribution in [3.05, 3.63) is 0 Å². The zero-order chi connectivity index (χ0) is 11.1. The Morgan fingerprint density at radius 1 is 1.43 bits per heavy atom. The van der Waals surface area contributed by atoms with Crippen LogP contribution in [0.15, 0.2) is 0 Å². The fourth-order valence-electron chi connectivity index (χ4n) is 1.07. The number of carbonyl (C=O) groups is 1. The van der Waals surface area contributed by atoms with Gasteiger partial charge in [0.25, 0.3) is 0 Å². The van der Waals surface area contributed by atoms with E-state index >= 15 is 0 Å². The standard InChI is InChI=1S/C10H22N2OS/c1-7(2)5-9(11)10(13)12-6-8(3)14-4/h7-9H,5-6,11H2,1-4H3,(H,12,13)/t8?,9-/m0/s1. The second kappa shape index (κ2) is 7.12. The molecule has 0 bridgehead atoms. The summed E-state index contributed by atoms with van der Waals surface area (Å²) in [5.74, 6) is 0.438. The van der Waals surface area contributed by atoms with Gasteiger partial charge in [0.05, 0.1) is 6.04 Å². The van der Waals surface area contributed by atoms with Crippen LogP contribution in [0, 0.1) is 5.92 Å². The van der Waals surface area contributed by atoms with Crippen LogP contribution in [-0.4, -0.2) is 30.0 Å². The van der Waals surface area contributed by atoms with Gasteiger partial charge >= 0.3 is 0 Å². The second-order valence-corrected chi connectivity index (χ2v) is 5.30. The first-order valence-electron chi connectivity index (χ1n) is 5.03. The molecule has 0 rings (SSSR count). The second-order valence-electron chi connectivity index (χ2n) is 4.03. The third-order valence-electron chi connectivity index (χ3n) is 2.03. The first-order chi connectivity index (χ1) is 6.47. The lowest BCUT2D eigenvalue weighted by molar-refractivity contribution is -0.122. The number of thioether (sulfide) groups is 1. The maximum absolute atomic E-state index is 11.5. The van der Waals surface area contributed by atoms with E-state index in [2.05, 4.69) is 26.1 Å². The molecule has 0 aromatic carbocycles. The number of nitrogens with one attached hydrogen (secondary N) is 1. The summed E-state index contributed by atoms with van der Waals surface area (Å²) in [5.41, 5.74) is 5.73. The predicted octanol–water partition coefficient (Wildman–Crippen LogP) is 1.23. The summed E-state index contributed by atoms with van der Waals surface area (Å²) in [5, 5.41) is 3.30. The predicted molar refractivity (Wildman–Crippen MR) is 63.4 cm³/mol. The van der Waals surface area contributed by atoms with E-state index in [0.29, 0.717) is 17.7 Å². The summed E-state index contributed by atoms with van der Waals surface area (Å²) < 4.78 is 0. The van der Waals surface area contributed by atoms with Gasteiger partial charge in [0.1, 0.15) is 0 Å². The fraction of sp³-hybridized carbons (Fsp3) is 0.900. The van der Waals surface area contributed by atoms with Gasteiger partial charge in [-0.15, -0.1) is 0 Å². The Balaban J connectivity index is 3.73. The molecule has 0 aliphatic carbocycles. The molecule has 0 fully saturated rings. The zero-order valence-corrected chi connectivity index (χ0v) is 10.4. The van der Waals surface area contributed by atoms with Crippen molar-refractivity contribution in [1.29, 1.82) is 0 Å². The van der Waals surface area contributed by atoms with Crippen LogP contribution in [0.25, 0.3) is 0 Å². The van der Waals surface area contributed by atoms with Gasteiger partial charge in [-0.05, 0) is 18.6 Å². The van der Waals surface area contributed by atoms with Gasteiger partial charge < -0.3 is 11.1 Å². The van der Waals surface area contributed by atoms with Crippen LogP contribution in [0.5, 0.6) is 0 Å². The highest BCUT2D eigenvalue weighted by Crippen LogP contribution is 2.04. The number of rotatable bonds is 6. The molecule has 0 aliphatic rings. The summed E-state index contributed by atoms with van der Waals surface area (Å²) in [6.45, 7) is 6.92. The molecule has 0 saturated carbocycles. The van der Waals surface area contributed by atoms with Gasteiger partial charge in [-0.2, -0.15) is 11.8 Å². The summed E-state index contributed by atoms with van der Waals surface area (Å²) in [6, 6.07) is -0.357. The van der Waals surface area contributed by atoms with Crippen LogP contribution in [-0.2, 0) is 4.79 Å². The Morgan fingerprint density at radius 2 is 2.00 bits per heavy atom.